The van der Waals surface area contributed by atoms with Gasteiger partial charge in [-0.1, -0.05) is 5.16 Å². The number of nitrogens with zero attached hydrogens (tertiary/aromatic N) is 2. The Hall–Kier alpha value is -1.83. The van der Waals surface area contributed by atoms with Gasteiger partial charge in [0.15, 0.2) is 11.5 Å². The molecule has 1 N–H and O–H groups in total. The molecule has 0 radical (unpaired) electrons. The van der Waals surface area contributed by atoms with E-state index in [0.717, 1.165) is 12.1 Å². The van der Waals surface area contributed by atoms with Crippen molar-refractivity contribution in [1.82, 2.24) is 15.5 Å². The summed E-state index contributed by atoms with van der Waals surface area (Å²) in [5.41, 5.74) is 0.805. The molecule has 22 heavy (non-hydrogen) atoms. The monoisotopic (exact) mass is 327 g/mol. The number of benzene rings is 1. The molecule has 0 saturated carbocycles. The zero-order valence-corrected chi connectivity index (χ0v) is 13.2. The van der Waals surface area contributed by atoms with Crippen LogP contribution >= 0.6 is 12.4 Å². The summed E-state index contributed by atoms with van der Waals surface area (Å²) in [7, 11) is 3.19. The summed E-state index contributed by atoms with van der Waals surface area (Å²) in [6.45, 7) is 2.01. The molecule has 1 atom stereocenters. The lowest BCUT2D eigenvalue weighted by Gasteiger charge is -2.20. The lowest BCUT2D eigenvalue weighted by Crippen LogP contribution is -2.34. The first-order chi connectivity index (χ1) is 10.3. The fourth-order valence-corrected chi connectivity index (χ4v) is 2.19. The molecule has 0 spiro atoms. The van der Waals surface area contributed by atoms with Crippen LogP contribution in [-0.4, -0.2) is 44.1 Å². The highest BCUT2D eigenvalue weighted by Crippen LogP contribution is 2.31. The summed E-state index contributed by atoms with van der Waals surface area (Å²) >= 11 is 0. The van der Waals surface area contributed by atoms with Crippen LogP contribution in [0.4, 0.5) is 0 Å². The number of rotatable bonds is 4. The molecule has 7 nitrogen and oxygen atoms in total. The molecule has 0 amide bonds. The Morgan fingerprint density at radius 2 is 2.05 bits per heavy atom. The summed E-state index contributed by atoms with van der Waals surface area (Å²) in [6, 6.07) is 5.44. The highest BCUT2D eigenvalue weighted by atomic mass is 35.5. The zero-order valence-electron chi connectivity index (χ0n) is 12.4. The number of aromatic nitrogens is 2. The summed E-state index contributed by atoms with van der Waals surface area (Å²) in [6.07, 6.45) is 0. The van der Waals surface area contributed by atoms with Gasteiger partial charge >= 0.3 is 0 Å². The minimum absolute atomic E-state index is 0. The lowest BCUT2D eigenvalue weighted by molar-refractivity contribution is 0.0659. The molecule has 0 aliphatic carbocycles. The average Bonchev–Trinajstić information content (AvgIpc) is 3.05. The Morgan fingerprint density at radius 1 is 1.23 bits per heavy atom. The number of hydrogen-bond donors (Lipinski definition) is 1. The van der Waals surface area contributed by atoms with Crippen molar-refractivity contribution in [2.75, 3.05) is 34.0 Å². The fourth-order valence-electron chi connectivity index (χ4n) is 2.19. The van der Waals surface area contributed by atoms with Crippen LogP contribution in [-0.2, 0) is 4.74 Å². The van der Waals surface area contributed by atoms with Crippen molar-refractivity contribution in [3.63, 3.8) is 0 Å². The molecular formula is C14H18ClN3O4. The third-order valence-corrected chi connectivity index (χ3v) is 3.30. The van der Waals surface area contributed by atoms with Gasteiger partial charge < -0.3 is 24.1 Å². The van der Waals surface area contributed by atoms with Crippen LogP contribution in [0.1, 0.15) is 11.9 Å². The van der Waals surface area contributed by atoms with Gasteiger partial charge in [0.2, 0.25) is 11.7 Å². The predicted octanol–water partition coefficient (Wildman–Crippen LogP) is 1.84. The Balaban J connectivity index is 0.00000176. The molecule has 120 valence electrons. The Labute approximate surface area is 134 Å². The van der Waals surface area contributed by atoms with E-state index in [1.807, 2.05) is 18.2 Å². The van der Waals surface area contributed by atoms with E-state index < -0.39 is 0 Å². The largest absolute Gasteiger partial charge is 0.493 e. The maximum Gasteiger partial charge on any atom is 0.246 e. The van der Waals surface area contributed by atoms with E-state index >= 15 is 0 Å². The normalized spacial score (nSPS) is 17.6. The van der Waals surface area contributed by atoms with Gasteiger partial charge in [0.05, 0.1) is 27.4 Å². The fraction of sp³-hybridized carbons (Fsp3) is 0.429. The summed E-state index contributed by atoms with van der Waals surface area (Å²) in [4.78, 5) is 4.42. The number of halogens is 1. The Kier molecular flexibility index (Phi) is 5.59. The van der Waals surface area contributed by atoms with Gasteiger partial charge in [0.25, 0.3) is 0 Å². The van der Waals surface area contributed by atoms with Crippen molar-refractivity contribution in [1.29, 1.82) is 0 Å². The summed E-state index contributed by atoms with van der Waals surface area (Å²) in [5, 5.41) is 7.29. The van der Waals surface area contributed by atoms with Gasteiger partial charge in [-0.25, -0.2) is 0 Å². The molecule has 1 aliphatic rings. The van der Waals surface area contributed by atoms with E-state index in [0.29, 0.717) is 36.4 Å². The van der Waals surface area contributed by atoms with Crippen LogP contribution in [0.3, 0.4) is 0 Å². The lowest BCUT2D eigenvalue weighted by atomic mass is 10.2. The molecule has 1 aliphatic heterocycles. The minimum atomic E-state index is -0.0554. The van der Waals surface area contributed by atoms with Crippen molar-refractivity contribution in [3.05, 3.63) is 24.1 Å². The molecule has 0 bridgehead atoms. The van der Waals surface area contributed by atoms with Gasteiger partial charge in [-0.05, 0) is 18.2 Å². The SMILES string of the molecule is COc1ccc(-c2noc(C3COCCN3)n2)cc1OC.Cl. The van der Waals surface area contributed by atoms with E-state index in [1.54, 1.807) is 14.2 Å². The van der Waals surface area contributed by atoms with Crippen molar-refractivity contribution in [2.24, 2.45) is 0 Å². The minimum Gasteiger partial charge on any atom is -0.493 e. The van der Waals surface area contributed by atoms with Gasteiger partial charge in [-0.3, -0.25) is 0 Å². The van der Waals surface area contributed by atoms with Crippen LogP contribution in [0.15, 0.2) is 22.7 Å². The van der Waals surface area contributed by atoms with Crippen molar-refractivity contribution in [2.45, 2.75) is 6.04 Å². The number of nitrogens with one attached hydrogen (secondary N) is 1. The Bertz CT molecular complexity index is 614. The highest BCUT2D eigenvalue weighted by Gasteiger charge is 2.22. The third-order valence-electron chi connectivity index (χ3n) is 3.30. The molecule has 2 aromatic rings. The second-order valence-corrected chi connectivity index (χ2v) is 4.61. The molecule has 8 heteroatoms. The number of ether oxygens (including phenoxy) is 3. The van der Waals surface area contributed by atoms with E-state index in [1.165, 1.54) is 0 Å². The molecule has 3 rings (SSSR count). The van der Waals surface area contributed by atoms with Gasteiger partial charge in [-0.15, -0.1) is 12.4 Å². The second-order valence-electron chi connectivity index (χ2n) is 4.61. The highest BCUT2D eigenvalue weighted by molar-refractivity contribution is 5.85. The van der Waals surface area contributed by atoms with Crippen LogP contribution in [0.5, 0.6) is 11.5 Å². The maximum atomic E-state index is 5.39. The first-order valence-electron chi connectivity index (χ1n) is 6.69. The van der Waals surface area contributed by atoms with Crippen LogP contribution < -0.4 is 14.8 Å². The number of hydrogen-bond acceptors (Lipinski definition) is 7. The quantitative estimate of drug-likeness (QED) is 0.917. The first kappa shape index (κ1) is 16.5. The average molecular weight is 328 g/mol. The van der Waals surface area contributed by atoms with E-state index in [2.05, 4.69) is 15.5 Å². The molecule has 1 unspecified atom stereocenters. The topological polar surface area (TPSA) is 78.6 Å². The summed E-state index contributed by atoms with van der Waals surface area (Å²) < 4.78 is 21.2. The first-order valence-corrected chi connectivity index (χ1v) is 6.69. The van der Waals surface area contributed by atoms with Crippen LogP contribution in [0.25, 0.3) is 11.4 Å². The third kappa shape index (κ3) is 3.32. The van der Waals surface area contributed by atoms with Gasteiger partial charge in [-0.2, -0.15) is 4.98 Å². The number of methoxy groups -OCH3 is 2. The van der Waals surface area contributed by atoms with Crippen LogP contribution in [0.2, 0.25) is 0 Å². The second kappa shape index (κ2) is 7.44. The number of morpholine rings is 1. The van der Waals surface area contributed by atoms with E-state index in [4.69, 9.17) is 18.7 Å². The van der Waals surface area contributed by atoms with Crippen LogP contribution in [0, 0.1) is 0 Å². The molecule has 1 aromatic heterocycles. The molecule has 1 aromatic carbocycles. The predicted molar refractivity (Wildman–Crippen MR) is 81.6 cm³/mol. The zero-order chi connectivity index (χ0) is 14.7. The standard InChI is InChI=1S/C14H17N3O4.ClH/c1-18-11-4-3-9(7-12(11)19-2)13-16-14(21-17-13)10-8-20-6-5-15-10;/h3-4,7,10,15H,5-6,8H2,1-2H3;1H. The smallest absolute Gasteiger partial charge is 0.246 e. The summed E-state index contributed by atoms with van der Waals surface area (Å²) in [5.74, 6) is 2.32. The van der Waals surface area contributed by atoms with Gasteiger partial charge in [0.1, 0.15) is 6.04 Å². The maximum absolute atomic E-state index is 5.39. The van der Waals surface area contributed by atoms with Crippen molar-refractivity contribution < 1.29 is 18.7 Å². The van der Waals surface area contributed by atoms with Crippen molar-refractivity contribution >= 4 is 12.4 Å². The Morgan fingerprint density at radius 3 is 2.73 bits per heavy atom. The van der Waals surface area contributed by atoms with Crippen molar-refractivity contribution in [3.8, 4) is 22.9 Å². The molecular weight excluding hydrogens is 310 g/mol. The van der Waals surface area contributed by atoms with E-state index in [9.17, 15) is 0 Å². The molecule has 1 saturated heterocycles. The van der Waals surface area contributed by atoms with E-state index in [-0.39, 0.29) is 18.4 Å². The molecule has 2 heterocycles. The van der Waals surface area contributed by atoms with Gasteiger partial charge in [0, 0.05) is 12.1 Å². The molecule has 1 fully saturated rings.